The molecule has 0 radical (unpaired) electrons. The van der Waals surface area contributed by atoms with Crippen LogP contribution in [-0.4, -0.2) is 54.2 Å². The molecule has 1 aliphatic heterocycles. The fraction of sp³-hybridized carbons (Fsp3) is 0.389. The summed E-state index contributed by atoms with van der Waals surface area (Å²) in [7, 11) is 2.04. The highest BCUT2D eigenvalue weighted by molar-refractivity contribution is 5.66. The lowest BCUT2D eigenvalue weighted by Gasteiger charge is -2.38. The molecule has 23 heavy (non-hydrogen) atoms. The molecule has 0 amide bonds. The Balaban J connectivity index is 1.72. The standard InChI is InChI=1S/C18H21N3O2/c1-20-8-9-21(11-15(20)13-22)12-16-6-7-18(23-16)17-5-3-2-4-14(17)10-19/h2-7,15,22H,8-9,11-13H2,1H3/t15-/m0/s1. The van der Waals surface area contributed by atoms with Crippen LogP contribution in [0, 0.1) is 11.3 Å². The number of nitriles is 1. The van der Waals surface area contributed by atoms with Gasteiger partial charge >= 0.3 is 0 Å². The Labute approximate surface area is 136 Å². The number of piperazine rings is 1. The molecule has 0 aliphatic carbocycles. The van der Waals surface area contributed by atoms with E-state index in [2.05, 4.69) is 15.9 Å². The van der Waals surface area contributed by atoms with Gasteiger partial charge in [0.25, 0.3) is 0 Å². The van der Waals surface area contributed by atoms with Crippen LogP contribution >= 0.6 is 0 Å². The molecule has 0 bridgehead atoms. The van der Waals surface area contributed by atoms with Gasteiger partial charge < -0.3 is 9.52 Å². The molecule has 0 saturated carbocycles. The Morgan fingerprint density at radius 1 is 1.26 bits per heavy atom. The first kappa shape index (κ1) is 15.8. The summed E-state index contributed by atoms with van der Waals surface area (Å²) in [6, 6.07) is 13.7. The van der Waals surface area contributed by atoms with Gasteiger partial charge in [-0.05, 0) is 31.3 Å². The predicted molar refractivity (Wildman–Crippen MR) is 87.6 cm³/mol. The first-order valence-electron chi connectivity index (χ1n) is 7.83. The zero-order valence-electron chi connectivity index (χ0n) is 13.3. The second-order valence-corrected chi connectivity index (χ2v) is 5.98. The van der Waals surface area contributed by atoms with E-state index in [1.165, 1.54) is 0 Å². The van der Waals surface area contributed by atoms with Crippen LogP contribution in [0.15, 0.2) is 40.8 Å². The topological polar surface area (TPSA) is 63.6 Å². The van der Waals surface area contributed by atoms with Crippen molar-refractivity contribution in [1.29, 1.82) is 5.26 Å². The minimum Gasteiger partial charge on any atom is -0.460 e. The third-order valence-corrected chi connectivity index (χ3v) is 4.43. The molecular formula is C18H21N3O2. The van der Waals surface area contributed by atoms with Crippen LogP contribution in [0.5, 0.6) is 0 Å². The third-order valence-electron chi connectivity index (χ3n) is 4.43. The molecule has 5 heteroatoms. The summed E-state index contributed by atoms with van der Waals surface area (Å²) in [5, 5.41) is 18.6. The number of hydrogen-bond donors (Lipinski definition) is 1. The van der Waals surface area contributed by atoms with Gasteiger partial charge in [0.05, 0.1) is 24.8 Å². The lowest BCUT2D eigenvalue weighted by Crippen LogP contribution is -2.52. The van der Waals surface area contributed by atoms with Gasteiger partial charge in [0.15, 0.2) is 0 Å². The molecule has 1 aromatic carbocycles. The van der Waals surface area contributed by atoms with Crippen molar-refractivity contribution < 1.29 is 9.52 Å². The van der Waals surface area contributed by atoms with Crippen LogP contribution in [0.4, 0.5) is 0 Å². The maximum atomic E-state index is 9.43. The fourth-order valence-corrected chi connectivity index (χ4v) is 2.97. The normalized spacial score (nSPS) is 19.6. The molecule has 2 aromatic rings. The summed E-state index contributed by atoms with van der Waals surface area (Å²) < 4.78 is 5.94. The number of likely N-dealkylation sites (N-methyl/N-ethyl adjacent to an activating group) is 1. The molecule has 120 valence electrons. The molecule has 0 spiro atoms. The lowest BCUT2D eigenvalue weighted by atomic mass is 10.1. The van der Waals surface area contributed by atoms with Gasteiger partial charge in [0.2, 0.25) is 0 Å². The highest BCUT2D eigenvalue weighted by Gasteiger charge is 2.24. The summed E-state index contributed by atoms with van der Waals surface area (Å²) in [4.78, 5) is 4.48. The van der Waals surface area contributed by atoms with Crippen molar-refractivity contribution in [3.63, 3.8) is 0 Å². The fourth-order valence-electron chi connectivity index (χ4n) is 2.97. The number of hydrogen-bond acceptors (Lipinski definition) is 5. The molecule has 0 unspecified atom stereocenters. The van der Waals surface area contributed by atoms with Crippen molar-refractivity contribution >= 4 is 0 Å². The van der Waals surface area contributed by atoms with Crippen LogP contribution in [-0.2, 0) is 6.54 Å². The Morgan fingerprint density at radius 2 is 2.09 bits per heavy atom. The van der Waals surface area contributed by atoms with E-state index in [0.717, 1.165) is 43.3 Å². The molecule has 1 aliphatic rings. The van der Waals surface area contributed by atoms with E-state index in [9.17, 15) is 10.4 Å². The maximum Gasteiger partial charge on any atom is 0.135 e. The van der Waals surface area contributed by atoms with Gasteiger partial charge in [0, 0.05) is 31.2 Å². The number of nitrogens with zero attached hydrogens (tertiary/aromatic N) is 3. The molecular weight excluding hydrogens is 290 g/mol. The minimum absolute atomic E-state index is 0.173. The van der Waals surface area contributed by atoms with Crippen molar-refractivity contribution in [2.24, 2.45) is 0 Å². The van der Waals surface area contributed by atoms with Gasteiger partial charge in [-0.2, -0.15) is 5.26 Å². The molecule has 5 nitrogen and oxygen atoms in total. The zero-order chi connectivity index (χ0) is 16.2. The molecule has 1 N–H and O–H groups in total. The van der Waals surface area contributed by atoms with Gasteiger partial charge in [-0.3, -0.25) is 9.80 Å². The van der Waals surface area contributed by atoms with Crippen molar-refractivity contribution in [2.45, 2.75) is 12.6 Å². The van der Waals surface area contributed by atoms with E-state index in [-0.39, 0.29) is 12.6 Å². The van der Waals surface area contributed by atoms with Crippen molar-refractivity contribution in [3.05, 3.63) is 47.7 Å². The Bertz CT molecular complexity index is 704. The van der Waals surface area contributed by atoms with Gasteiger partial charge in [-0.15, -0.1) is 0 Å². The van der Waals surface area contributed by atoms with Gasteiger partial charge in [-0.1, -0.05) is 12.1 Å². The highest BCUT2D eigenvalue weighted by atomic mass is 16.3. The van der Waals surface area contributed by atoms with Crippen molar-refractivity contribution in [2.75, 3.05) is 33.3 Å². The molecule has 1 fully saturated rings. The van der Waals surface area contributed by atoms with E-state index >= 15 is 0 Å². The molecule has 3 rings (SSSR count). The van der Waals surface area contributed by atoms with Crippen LogP contribution < -0.4 is 0 Å². The van der Waals surface area contributed by atoms with E-state index in [4.69, 9.17) is 4.42 Å². The number of rotatable bonds is 4. The first-order chi connectivity index (χ1) is 11.2. The van der Waals surface area contributed by atoms with Crippen LogP contribution in [0.25, 0.3) is 11.3 Å². The molecule has 1 aromatic heterocycles. The maximum absolute atomic E-state index is 9.43. The Kier molecular flexibility index (Phi) is 4.77. The first-order valence-corrected chi connectivity index (χ1v) is 7.83. The smallest absolute Gasteiger partial charge is 0.135 e. The van der Waals surface area contributed by atoms with Crippen LogP contribution in [0.1, 0.15) is 11.3 Å². The summed E-state index contributed by atoms with van der Waals surface area (Å²) in [5.74, 6) is 1.61. The summed E-state index contributed by atoms with van der Waals surface area (Å²) in [5.41, 5.74) is 1.45. The van der Waals surface area contributed by atoms with Crippen molar-refractivity contribution in [3.8, 4) is 17.4 Å². The van der Waals surface area contributed by atoms with Crippen LogP contribution in [0.2, 0.25) is 0 Å². The second-order valence-electron chi connectivity index (χ2n) is 5.98. The predicted octanol–water partition coefficient (Wildman–Crippen LogP) is 1.93. The van der Waals surface area contributed by atoms with Gasteiger partial charge in [0.1, 0.15) is 11.5 Å². The molecule has 1 saturated heterocycles. The number of benzene rings is 1. The monoisotopic (exact) mass is 311 g/mol. The largest absolute Gasteiger partial charge is 0.460 e. The summed E-state index contributed by atoms with van der Waals surface area (Å²) in [6.45, 7) is 3.62. The second kappa shape index (κ2) is 6.97. The van der Waals surface area contributed by atoms with Crippen molar-refractivity contribution in [1.82, 2.24) is 9.80 Å². The number of aliphatic hydroxyl groups excluding tert-OH is 1. The van der Waals surface area contributed by atoms with E-state index in [1.807, 2.05) is 37.4 Å². The van der Waals surface area contributed by atoms with E-state index in [0.29, 0.717) is 5.56 Å². The molecule has 1 atom stereocenters. The quantitative estimate of drug-likeness (QED) is 0.935. The Hall–Kier alpha value is -2.13. The number of furan rings is 1. The van der Waals surface area contributed by atoms with Crippen LogP contribution in [0.3, 0.4) is 0 Å². The molecule has 2 heterocycles. The van der Waals surface area contributed by atoms with Gasteiger partial charge in [-0.25, -0.2) is 0 Å². The average Bonchev–Trinajstić information content (AvgIpc) is 3.05. The SMILES string of the molecule is CN1CCN(Cc2ccc(-c3ccccc3C#N)o2)C[C@H]1CO. The lowest BCUT2D eigenvalue weighted by molar-refractivity contribution is 0.0509. The van der Waals surface area contributed by atoms with E-state index < -0.39 is 0 Å². The van der Waals surface area contributed by atoms with E-state index in [1.54, 1.807) is 6.07 Å². The zero-order valence-corrected chi connectivity index (χ0v) is 13.3. The highest BCUT2D eigenvalue weighted by Crippen LogP contribution is 2.26. The average molecular weight is 311 g/mol. The number of aliphatic hydroxyl groups is 1. The summed E-state index contributed by atoms with van der Waals surface area (Å²) in [6.07, 6.45) is 0. The minimum atomic E-state index is 0.173. The third kappa shape index (κ3) is 3.45. The Morgan fingerprint density at radius 3 is 2.87 bits per heavy atom. The summed E-state index contributed by atoms with van der Waals surface area (Å²) >= 11 is 0.